The highest BCUT2D eigenvalue weighted by atomic mass is 16.5. The number of nitrogens with zero attached hydrogens (tertiary/aromatic N) is 2. The summed E-state index contributed by atoms with van der Waals surface area (Å²) in [6.07, 6.45) is 0. The monoisotopic (exact) mass is 272 g/mol. The van der Waals surface area contributed by atoms with Crippen LogP contribution in [0.5, 0.6) is 5.75 Å². The zero-order valence-corrected chi connectivity index (χ0v) is 11.4. The zero-order valence-electron chi connectivity index (χ0n) is 11.4. The SMILES string of the molecule is CCOc1ccc(-c2cc(C(=N)N)c(=O)n(C)n2)cc1. The van der Waals surface area contributed by atoms with Gasteiger partial charge in [0.2, 0.25) is 0 Å². The summed E-state index contributed by atoms with van der Waals surface area (Å²) in [4.78, 5) is 11.8. The van der Waals surface area contributed by atoms with Crippen molar-refractivity contribution in [2.75, 3.05) is 6.61 Å². The molecule has 2 rings (SSSR count). The van der Waals surface area contributed by atoms with E-state index in [4.69, 9.17) is 15.9 Å². The molecule has 2 aromatic rings. The second kappa shape index (κ2) is 5.56. The maximum Gasteiger partial charge on any atom is 0.277 e. The van der Waals surface area contributed by atoms with Crippen LogP contribution >= 0.6 is 0 Å². The number of hydrogen-bond acceptors (Lipinski definition) is 4. The Hall–Kier alpha value is -2.63. The van der Waals surface area contributed by atoms with Crippen molar-refractivity contribution in [2.45, 2.75) is 6.92 Å². The molecule has 0 aliphatic heterocycles. The maximum absolute atomic E-state index is 11.8. The Kier molecular flexibility index (Phi) is 3.84. The fourth-order valence-electron chi connectivity index (χ4n) is 1.83. The van der Waals surface area contributed by atoms with Crippen LogP contribution in [-0.4, -0.2) is 22.2 Å². The van der Waals surface area contributed by atoms with Crippen LogP contribution in [0.2, 0.25) is 0 Å². The van der Waals surface area contributed by atoms with E-state index in [1.807, 2.05) is 31.2 Å². The molecular weight excluding hydrogens is 256 g/mol. The molecular formula is C14H16N4O2. The van der Waals surface area contributed by atoms with Crippen molar-refractivity contribution < 1.29 is 4.74 Å². The lowest BCUT2D eigenvalue weighted by Gasteiger charge is -2.08. The molecule has 0 saturated heterocycles. The standard InChI is InChI=1S/C14H16N4O2/c1-3-20-10-6-4-9(5-7-10)12-8-11(13(15)16)14(19)18(2)17-12/h4-8H,3H2,1-2H3,(H3,15,16). The maximum atomic E-state index is 11.8. The van der Waals surface area contributed by atoms with E-state index >= 15 is 0 Å². The van der Waals surface area contributed by atoms with Crippen LogP contribution in [0, 0.1) is 5.41 Å². The summed E-state index contributed by atoms with van der Waals surface area (Å²) in [7, 11) is 1.53. The number of aryl methyl sites for hydroxylation is 1. The van der Waals surface area contributed by atoms with Gasteiger partial charge in [0, 0.05) is 12.6 Å². The fourth-order valence-corrected chi connectivity index (χ4v) is 1.83. The molecule has 0 unspecified atom stereocenters. The minimum atomic E-state index is -0.382. The first kappa shape index (κ1) is 13.8. The molecule has 0 spiro atoms. The minimum Gasteiger partial charge on any atom is -0.494 e. The third-order valence-electron chi connectivity index (χ3n) is 2.81. The summed E-state index contributed by atoms with van der Waals surface area (Å²) in [6, 6.07) is 8.89. The molecule has 6 nitrogen and oxygen atoms in total. The molecule has 20 heavy (non-hydrogen) atoms. The molecule has 0 radical (unpaired) electrons. The first-order chi connectivity index (χ1) is 9.52. The number of amidine groups is 1. The van der Waals surface area contributed by atoms with Crippen LogP contribution in [0.25, 0.3) is 11.3 Å². The normalized spacial score (nSPS) is 10.3. The lowest BCUT2D eigenvalue weighted by atomic mass is 10.1. The van der Waals surface area contributed by atoms with Gasteiger partial charge < -0.3 is 10.5 Å². The summed E-state index contributed by atoms with van der Waals surface area (Å²) in [5.74, 6) is 0.507. The van der Waals surface area contributed by atoms with E-state index in [9.17, 15) is 4.79 Å². The molecule has 1 aromatic heterocycles. The van der Waals surface area contributed by atoms with Gasteiger partial charge in [0.05, 0.1) is 17.9 Å². The summed E-state index contributed by atoms with van der Waals surface area (Å²) in [5, 5.41) is 11.6. The van der Waals surface area contributed by atoms with Crippen molar-refractivity contribution in [3.8, 4) is 17.0 Å². The zero-order chi connectivity index (χ0) is 14.7. The summed E-state index contributed by atoms with van der Waals surface area (Å²) in [5.41, 5.74) is 6.59. The Bertz CT molecular complexity index is 689. The van der Waals surface area contributed by atoms with Gasteiger partial charge >= 0.3 is 0 Å². The highest BCUT2D eigenvalue weighted by Crippen LogP contribution is 2.20. The van der Waals surface area contributed by atoms with E-state index in [2.05, 4.69) is 5.10 Å². The first-order valence-electron chi connectivity index (χ1n) is 6.19. The highest BCUT2D eigenvalue weighted by molar-refractivity contribution is 5.95. The molecule has 0 fully saturated rings. The number of benzene rings is 1. The predicted molar refractivity (Wildman–Crippen MR) is 77.1 cm³/mol. The Morgan fingerprint density at radius 1 is 1.40 bits per heavy atom. The van der Waals surface area contributed by atoms with Gasteiger partial charge in [-0.25, -0.2) is 4.68 Å². The molecule has 0 saturated carbocycles. The van der Waals surface area contributed by atoms with Gasteiger partial charge in [-0.1, -0.05) is 0 Å². The van der Waals surface area contributed by atoms with Gasteiger partial charge in [0.25, 0.3) is 5.56 Å². The smallest absolute Gasteiger partial charge is 0.277 e. The molecule has 0 atom stereocenters. The second-order valence-corrected chi connectivity index (χ2v) is 4.24. The van der Waals surface area contributed by atoms with Gasteiger partial charge in [-0.15, -0.1) is 0 Å². The summed E-state index contributed by atoms with van der Waals surface area (Å²) >= 11 is 0. The fraction of sp³-hybridized carbons (Fsp3) is 0.214. The number of rotatable bonds is 4. The van der Waals surface area contributed by atoms with E-state index < -0.39 is 0 Å². The third-order valence-corrected chi connectivity index (χ3v) is 2.81. The highest BCUT2D eigenvalue weighted by Gasteiger charge is 2.10. The molecule has 1 heterocycles. The van der Waals surface area contributed by atoms with Gasteiger partial charge in [-0.3, -0.25) is 10.2 Å². The minimum absolute atomic E-state index is 0.145. The molecule has 3 N–H and O–H groups in total. The number of nitrogens with one attached hydrogen (secondary N) is 1. The van der Waals surface area contributed by atoms with Crippen molar-refractivity contribution in [2.24, 2.45) is 12.8 Å². The van der Waals surface area contributed by atoms with Crippen molar-refractivity contribution >= 4 is 5.84 Å². The van der Waals surface area contributed by atoms with E-state index in [0.717, 1.165) is 11.3 Å². The van der Waals surface area contributed by atoms with Gasteiger partial charge in [-0.2, -0.15) is 5.10 Å². The van der Waals surface area contributed by atoms with Crippen molar-refractivity contribution in [3.05, 3.63) is 46.2 Å². The Balaban J connectivity index is 2.47. The van der Waals surface area contributed by atoms with Crippen LogP contribution in [0.15, 0.2) is 35.1 Å². The van der Waals surface area contributed by atoms with Gasteiger partial charge in [0.1, 0.15) is 11.6 Å². The van der Waals surface area contributed by atoms with Crippen molar-refractivity contribution in [3.63, 3.8) is 0 Å². The molecule has 1 aromatic carbocycles. The van der Waals surface area contributed by atoms with E-state index in [-0.39, 0.29) is 17.0 Å². The van der Waals surface area contributed by atoms with Crippen molar-refractivity contribution in [1.29, 1.82) is 5.41 Å². The molecule has 6 heteroatoms. The summed E-state index contributed by atoms with van der Waals surface area (Å²) in [6.45, 7) is 2.52. The third kappa shape index (κ3) is 2.69. The molecule has 0 amide bonds. The van der Waals surface area contributed by atoms with Crippen LogP contribution in [-0.2, 0) is 7.05 Å². The molecule has 0 aliphatic carbocycles. The largest absolute Gasteiger partial charge is 0.494 e. The number of nitrogen functional groups attached to an aromatic ring is 1. The first-order valence-corrected chi connectivity index (χ1v) is 6.19. The second-order valence-electron chi connectivity index (χ2n) is 4.24. The van der Waals surface area contributed by atoms with E-state index in [1.165, 1.54) is 17.8 Å². The molecule has 0 bridgehead atoms. The van der Waals surface area contributed by atoms with Crippen LogP contribution in [0.4, 0.5) is 0 Å². The lowest BCUT2D eigenvalue weighted by molar-refractivity contribution is 0.340. The van der Waals surface area contributed by atoms with Crippen molar-refractivity contribution in [1.82, 2.24) is 9.78 Å². The van der Waals surface area contributed by atoms with Crippen LogP contribution in [0.1, 0.15) is 12.5 Å². The number of ether oxygens (including phenoxy) is 1. The lowest BCUT2D eigenvalue weighted by Crippen LogP contribution is -2.29. The number of aromatic nitrogens is 2. The van der Waals surface area contributed by atoms with Gasteiger partial charge in [0.15, 0.2) is 0 Å². The van der Waals surface area contributed by atoms with Crippen LogP contribution < -0.4 is 16.0 Å². The molecule has 104 valence electrons. The average Bonchev–Trinajstić information content (AvgIpc) is 2.42. The number of hydrogen-bond donors (Lipinski definition) is 2. The number of nitrogens with two attached hydrogens (primary N) is 1. The topological polar surface area (TPSA) is 94.0 Å². The summed E-state index contributed by atoms with van der Waals surface area (Å²) < 4.78 is 6.55. The average molecular weight is 272 g/mol. The quantitative estimate of drug-likeness (QED) is 0.644. The van der Waals surface area contributed by atoms with E-state index in [0.29, 0.717) is 12.3 Å². The Morgan fingerprint density at radius 3 is 2.60 bits per heavy atom. The Labute approximate surface area is 116 Å². The van der Waals surface area contributed by atoms with Gasteiger partial charge in [-0.05, 0) is 37.3 Å². The van der Waals surface area contributed by atoms with Crippen LogP contribution in [0.3, 0.4) is 0 Å². The predicted octanol–water partition coefficient (Wildman–Crippen LogP) is 1.13. The van der Waals surface area contributed by atoms with E-state index in [1.54, 1.807) is 0 Å². The Morgan fingerprint density at radius 2 is 2.05 bits per heavy atom. The molecule has 0 aliphatic rings.